The number of rotatable bonds is 1. The van der Waals surface area contributed by atoms with Gasteiger partial charge in [-0.1, -0.05) is 19.9 Å². The van der Waals surface area contributed by atoms with Crippen molar-refractivity contribution in [2.75, 3.05) is 0 Å². The summed E-state index contributed by atoms with van der Waals surface area (Å²) in [5.41, 5.74) is -0.974. The SMILES string of the molecule is C=C1C(=O)[C@]23C[C@@H]1CC[C@H]2[C@]1(C)CCC[C@@](C)(C(=O)O)[C@H]1C[C@@H]3O. The molecule has 2 bridgehead atoms. The number of fused-ring (bicyclic) bond motifs is 3. The number of hydrogen-bond acceptors (Lipinski definition) is 3. The van der Waals surface area contributed by atoms with Crippen LogP contribution in [0.25, 0.3) is 0 Å². The summed E-state index contributed by atoms with van der Waals surface area (Å²) in [5, 5.41) is 21.0. The second-order valence-corrected chi connectivity index (χ2v) is 9.31. The maximum atomic E-state index is 13.1. The summed E-state index contributed by atoms with van der Waals surface area (Å²) in [6.07, 6.45) is 4.81. The van der Waals surface area contributed by atoms with Crippen LogP contribution >= 0.6 is 0 Å². The van der Waals surface area contributed by atoms with Gasteiger partial charge in [0.2, 0.25) is 0 Å². The highest BCUT2D eigenvalue weighted by Gasteiger charge is 2.71. The first-order valence-corrected chi connectivity index (χ1v) is 9.33. The number of hydrogen-bond donors (Lipinski definition) is 2. The van der Waals surface area contributed by atoms with Crippen LogP contribution in [-0.2, 0) is 9.59 Å². The Morgan fingerprint density at radius 3 is 2.58 bits per heavy atom. The molecule has 4 fully saturated rings. The minimum absolute atomic E-state index is 0.0694. The molecule has 1 spiro atoms. The fourth-order valence-corrected chi connectivity index (χ4v) is 7.30. The van der Waals surface area contributed by atoms with Crippen molar-refractivity contribution in [3.8, 4) is 0 Å². The molecule has 4 aliphatic rings. The fourth-order valence-electron chi connectivity index (χ4n) is 7.30. The average Bonchev–Trinajstić information content (AvgIpc) is 2.72. The molecule has 0 amide bonds. The Labute approximate surface area is 143 Å². The van der Waals surface area contributed by atoms with Crippen LogP contribution in [-0.4, -0.2) is 28.1 Å². The molecule has 0 unspecified atom stereocenters. The molecule has 0 aliphatic heterocycles. The van der Waals surface area contributed by atoms with E-state index in [1.165, 1.54) is 0 Å². The molecule has 4 heteroatoms. The molecule has 0 aromatic rings. The topological polar surface area (TPSA) is 74.6 Å². The molecule has 2 N–H and O–H groups in total. The number of carboxylic acid groups (broad SMARTS) is 1. The van der Waals surface area contributed by atoms with Gasteiger partial charge in [-0.05, 0) is 74.2 Å². The van der Waals surface area contributed by atoms with Crippen LogP contribution in [0.5, 0.6) is 0 Å². The van der Waals surface area contributed by atoms with Gasteiger partial charge >= 0.3 is 5.97 Å². The second-order valence-electron chi connectivity index (χ2n) is 9.31. The van der Waals surface area contributed by atoms with Crippen LogP contribution in [0.1, 0.15) is 58.8 Å². The van der Waals surface area contributed by atoms with E-state index in [1.807, 2.05) is 6.92 Å². The molecule has 0 aromatic carbocycles. The highest BCUT2D eigenvalue weighted by atomic mass is 16.4. The van der Waals surface area contributed by atoms with E-state index < -0.39 is 22.9 Å². The average molecular weight is 332 g/mol. The Bertz CT molecular complexity index is 640. The van der Waals surface area contributed by atoms with Gasteiger partial charge in [-0.25, -0.2) is 0 Å². The number of carboxylic acids is 1. The summed E-state index contributed by atoms with van der Waals surface area (Å²) in [6.45, 7) is 8.08. The van der Waals surface area contributed by atoms with Gasteiger partial charge in [0.15, 0.2) is 5.78 Å². The van der Waals surface area contributed by atoms with Crippen LogP contribution in [0.2, 0.25) is 0 Å². The van der Waals surface area contributed by atoms with Crippen LogP contribution in [0.15, 0.2) is 12.2 Å². The number of aliphatic hydroxyl groups excluding tert-OH is 1. The van der Waals surface area contributed by atoms with Crippen molar-refractivity contribution in [3.05, 3.63) is 12.2 Å². The van der Waals surface area contributed by atoms with E-state index in [9.17, 15) is 19.8 Å². The molecule has 4 saturated carbocycles. The van der Waals surface area contributed by atoms with E-state index >= 15 is 0 Å². The highest BCUT2D eigenvalue weighted by molar-refractivity contribution is 6.03. The summed E-state index contributed by atoms with van der Waals surface area (Å²) >= 11 is 0. The number of allylic oxidation sites excluding steroid dienone is 1. The van der Waals surface area contributed by atoms with Gasteiger partial charge in [0.1, 0.15) is 0 Å². The molecule has 4 nitrogen and oxygen atoms in total. The Balaban J connectivity index is 1.84. The van der Waals surface area contributed by atoms with Crippen LogP contribution in [0, 0.1) is 34.0 Å². The summed E-state index contributed by atoms with van der Waals surface area (Å²) in [7, 11) is 0. The largest absolute Gasteiger partial charge is 0.481 e. The van der Waals surface area contributed by atoms with Crippen molar-refractivity contribution < 1.29 is 19.8 Å². The van der Waals surface area contributed by atoms with Crippen molar-refractivity contribution in [2.45, 2.75) is 64.9 Å². The maximum Gasteiger partial charge on any atom is 0.309 e. The Morgan fingerprint density at radius 1 is 1.21 bits per heavy atom. The Hall–Kier alpha value is -1.16. The van der Waals surface area contributed by atoms with Gasteiger partial charge in [-0.15, -0.1) is 0 Å². The van der Waals surface area contributed by atoms with E-state index in [1.54, 1.807) is 0 Å². The third-order valence-electron chi connectivity index (χ3n) is 8.53. The normalized spacial score (nSPS) is 53.5. The molecule has 24 heavy (non-hydrogen) atoms. The van der Waals surface area contributed by atoms with Crippen molar-refractivity contribution in [3.63, 3.8) is 0 Å². The maximum absolute atomic E-state index is 13.1. The fraction of sp³-hybridized carbons (Fsp3) is 0.800. The standard InChI is InChI=1S/C20H28O4/c1-11-12-5-6-13-18(2)7-4-8-19(3,17(23)24)14(18)9-15(21)20(13,10-12)16(11)22/h12-15,21H,1,4-10H2,2-3H3,(H,23,24)/t12-,13-,14-,15-,18-,19+,20+/m0/s1. The zero-order chi connectivity index (χ0) is 17.5. The predicted octanol–water partition coefficient (Wildman–Crippen LogP) is 3.19. The number of carbonyl (C=O) groups excluding carboxylic acids is 1. The molecular weight excluding hydrogens is 304 g/mol. The number of aliphatic hydroxyl groups is 1. The van der Waals surface area contributed by atoms with Gasteiger partial charge in [0.05, 0.1) is 16.9 Å². The van der Waals surface area contributed by atoms with Crippen LogP contribution in [0.4, 0.5) is 0 Å². The number of carbonyl (C=O) groups is 2. The number of Topliss-reactive ketones (excluding diaryl/α,β-unsaturated/α-hetero) is 1. The smallest absolute Gasteiger partial charge is 0.309 e. The minimum Gasteiger partial charge on any atom is -0.481 e. The summed E-state index contributed by atoms with van der Waals surface area (Å²) in [4.78, 5) is 25.1. The lowest BCUT2D eigenvalue weighted by molar-refractivity contribution is -0.206. The molecule has 7 atom stereocenters. The van der Waals surface area contributed by atoms with Gasteiger partial charge in [-0.2, -0.15) is 0 Å². The van der Waals surface area contributed by atoms with Gasteiger partial charge in [0.25, 0.3) is 0 Å². The molecular formula is C20H28O4. The van der Waals surface area contributed by atoms with E-state index in [0.717, 1.165) is 32.1 Å². The van der Waals surface area contributed by atoms with Crippen molar-refractivity contribution >= 4 is 11.8 Å². The number of ketones is 1. The summed E-state index contributed by atoms with van der Waals surface area (Å²) in [5.74, 6) is -0.444. The van der Waals surface area contributed by atoms with Gasteiger partial charge < -0.3 is 10.2 Å². The third kappa shape index (κ3) is 1.63. The summed E-state index contributed by atoms with van der Waals surface area (Å²) in [6, 6.07) is 0. The number of aliphatic carboxylic acids is 1. The zero-order valence-corrected chi connectivity index (χ0v) is 14.7. The lowest BCUT2D eigenvalue weighted by Crippen LogP contribution is -2.64. The van der Waals surface area contributed by atoms with E-state index in [-0.39, 0.29) is 29.0 Å². The minimum atomic E-state index is -0.800. The van der Waals surface area contributed by atoms with Gasteiger partial charge in [0, 0.05) is 0 Å². The monoisotopic (exact) mass is 332 g/mol. The first-order valence-electron chi connectivity index (χ1n) is 9.33. The van der Waals surface area contributed by atoms with Crippen LogP contribution in [0.3, 0.4) is 0 Å². The lowest BCUT2D eigenvalue weighted by atomic mass is 9.40. The highest BCUT2D eigenvalue weighted by Crippen LogP contribution is 2.71. The van der Waals surface area contributed by atoms with E-state index in [4.69, 9.17) is 0 Å². The van der Waals surface area contributed by atoms with Crippen molar-refractivity contribution in [1.82, 2.24) is 0 Å². The molecule has 0 aromatic heterocycles. The summed E-state index contributed by atoms with van der Waals surface area (Å²) < 4.78 is 0. The van der Waals surface area contributed by atoms with Crippen molar-refractivity contribution in [2.24, 2.45) is 34.0 Å². The Morgan fingerprint density at radius 2 is 1.92 bits per heavy atom. The zero-order valence-electron chi connectivity index (χ0n) is 14.7. The predicted molar refractivity (Wildman–Crippen MR) is 89.2 cm³/mol. The molecule has 132 valence electrons. The molecule has 4 rings (SSSR count). The van der Waals surface area contributed by atoms with E-state index in [2.05, 4.69) is 13.5 Å². The molecule has 0 heterocycles. The van der Waals surface area contributed by atoms with E-state index in [0.29, 0.717) is 18.4 Å². The molecule has 0 radical (unpaired) electrons. The lowest BCUT2D eigenvalue weighted by Gasteiger charge is -2.63. The molecule has 0 saturated heterocycles. The third-order valence-corrected chi connectivity index (χ3v) is 8.53. The second kappa shape index (κ2) is 4.72. The Kier molecular flexibility index (Phi) is 3.21. The first kappa shape index (κ1) is 16.3. The van der Waals surface area contributed by atoms with Crippen LogP contribution < -0.4 is 0 Å². The first-order chi connectivity index (χ1) is 11.2. The van der Waals surface area contributed by atoms with Crippen molar-refractivity contribution in [1.29, 1.82) is 0 Å². The van der Waals surface area contributed by atoms with Gasteiger partial charge in [-0.3, -0.25) is 9.59 Å². The molecule has 4 aliphatic carbocycles. The quantitative estimate of drug-likeness (QED) is 0.723.